The predicted octanol–water partition coefficient (Wildman–Crippen LogP) is 3.77. The SMILES string of the molecule is Cc1ccc(N)c(C)c1.Cc1cccc(C)c1N. The minimum absolute atomic E-state index is 0.876. The van der Waals surface area contributed by atoms with Crippen LogP contribution in [-0.4, -0.2) is 0 Å². The molecule has 2 aromatic rings. The molecule has 4 N–H and O–H groups in total. The van der Waals surface area contributed by atoms with Crippen molar-refractivity contribution in [3.05, 3.63) is 58.7 Å². The molecule has 0 saturated heterocycles. The second-order valence-electron chi connectivity index (χ2n) is 4.67. The highest BCUT2D eigenvalue weighted by atomic mass is 14.6. The number of nitrogens with two attached hydrogens (primary N) is 2. The van der Waals surface area contributed by atoms with Crippen molar-refractivity contribution in [1.82, 2.24) is 0 Å². The third kappa shape index (κ3) is 3.81. The summed E-state index contributed by atoms with van der Waals surface area (Å²) in [5, 5.41) is 0. The summed E-state index contributed by atoms with van der Waals surface area (Å²) in [5.74, 6) is 0. The molecular weight excluding hydrogens is 220 g/mol. The average Bonchev–Trinajstić information content (AvgIpc) is 2.32. The fourth-order valence-corrected chi connectivity index (χ4v) is 1.65. The first-order valence-corrected chi connectivity index (χ1v) is 6.06. The van der Waals surface area contributed by atoms with Gasteiger partial charge in [-0.25, -0.2) is 0 Å². The van der Waals surface area contributed by atoms with E-state index in [1.165, 1.54) is 5.56 Å². The normalized spacial score (nSPS) is 9.56. The lowest BCUT2D eigenvalue weighted by Gasteiger charge is -2.00. The van der Waals surface area contributed by atoms with Crippen LogP contribution in [0.2, 0.25) is 0 Å². The van der Waals surface area contributed by atoms with Gasteiger partial charge in [0.1, 0.15) is 0 Å². The van der Waals surface area contributed by atoms with Crippen molar-refractivity contribution in [3.8, 4) is 0 Å². The minimum atomic E-state index is 0.876. The Balaban J connectivity index is 0.000000180. The Kier molecular flexibility index (Phi) is 4.78. The monoisotopic (exact) mass is 242 g/mol. The molecule has 2 nitrogen and oxygen atoms in total. The van der Waals surface area contributed by atoms with Gasteiger partial charge in [0.15, 0.2) is 0 Å². The van der Waals surface area contributed by atoms with Crippen molar-refractivity contribution in [1.29, 1.82) is 0 Å². The van der Waals surface area contributed by atoms with E-state index in [2.05, 4.69) is 13.0 Å². The summed E-state index contributed by atoms with van der Waals surface area (Å²) >= 11 is 0. The third-order valence-electron chi connectivity index (χ3n) is 2.97. The standard InChI is InChI=1S/2C8H11N/c1-6-3-4-8(9)7(2)5-6;1-6-4-3-5-7(2)8(6)9/h2*3-5H,9H2,1-2H3. The summed E-state index contributed by atoms with van der Waals surface area (Å²) in [4.78, 5) is 0. The highest BCUT2D eigenvalue weighted by Crippen LogP contribution is 2.14. The molecule has 2 heteroatoms. The highest BCUT2D eigenvalue weighted by molar-refractivity contribution is 5.52. The van der Waals surface area contributed by atoms with Crippen molar-refractivity contribution in [3.63, 3.8) is 0 Å². The first-order valence-electron chi connectivity index (χ1n) is 6.06. The van der Waals surface area contributed by atoms with Gasteiger partial charge in [0.2, 0.25) is 0 Å². The number of hydrogen-bond donors (Lipinski definition) is 2. The molecular formula is C16H22N2. The molecule has 0 fully saturated rings. The molecule has 2 aromatic carbocycles. The second-order valence-corrected chi connectivity index (χ2v) is 4.67. The van der Waals surface area contributed by atoms with Crippen LogP contribution in [0.3, 0.4) is 0 Å². The van der Waals surface area contributed by atoms with Crippen molar-refractivity contribution in [2.24, 2.45) is 0 Å². The molecule has 18 heavy (non-hydrogen) atoms. The van der Waals surface area contributed by atoms with Gasteiger partial charge in [-0.05, 0) is 50.5 Å². The van der Waals surface area contributed by atoms with E-state index in [9.17, 15) is 0 Å². The van der Waals surface area contributed by atoms with E-state index < -0.39 is 0 Å². The zero-order valence-electron chi connectivity index (χ0n) is 11.6. The van der Waals surface area contributed by atoms with Gasteiger partial charge >= 0.3 is 0 Å². The van der Waals surface area contributed by atoms with Gasteiger partial charge in [-0.15, -0.1) is 0 Å². The molecule has 0 aromatic heterocycles. The maximum atomic E-state index is 5.68. The number of anilines is 2. The quantitative estimate of drug-likeness (QED) is 0.691. The third-order valence-corrected chi connectivity index (χ3v) is 2.97. The lowest BCUT2D eigenvalue weighted by Crippen LogP contribution is -1.91. The average molecular weight is 242 g/mol. The molecule has 0 aliphatic carbocycles. The largest absolute Gasteiger partial charge is 0.399 e. The van der Waals surface area contributed by atoms with Crippen LogP contribution in [0.5, 0.6) is 0 Å². The summed E-state index contributed by atoms with van der Waals surface area (Å²) in [5.41, 5.74) is 17.8. The van der Waals surface area contributed by atoms with Gasteiger partial charge in [-0.2, -0.15) is 0 Å². The molecule has 0 unspecified atom stereocenters. The van der Waals surface area contributed by atoms with Gasteiger partial charge in [0.05, 0.1) is 0 Å². The van der Waals surface area contributed by atoms with Gasteiger partial charge < -0.3 is 11.5 Å². The number of benzene rings is 2. The van der Waals surface area contributed by atoms with E-state index in [-0.39, 0.29) is 0 Å². The summed E-state index contributed by atoms with van der Waals surface area (Å²) in [6.45, 7) is 8.11. The molecule has 0 aliphatic rings. The van der Waals surface area contributed by atoms with Gasteiger partial charge in [0, 0.05) is 11.4 Å². The van der Waals surface area contributed by atoms with Gasteiger partial charge in [-0.1, -0.05) is 35.9 Å². The molecule has 0 bridgehead atoms. The molecule has 0 amide bonds. The van der Waals surface area contributed by atoms with Crippen LogP contribution < -0.4 is 11.5 Å². The Bertz CT molecular complexity index is 510. The van der Waals surface area contributed by atoms with Crippen LogP contribution in [0.4, 0.5) is 11.4 Å². The summed E-state index contributed by atoms with van der Waals surface area (Å²) < 4.78 is 0. The van der Waals surface area contributed by atoms with E-state index in [0.717, 1.165) is 28.1 Å². The van der Waals surface area contributed by atoms with Gasteiger partial charge in [-0.3, -0.25) is 0 Å². The first-order chi connectivity index (χ1) is 8.41. The second kappa shape index (κ2) is 6.10. The van der Waals surface area contributed by atoms with Crippen LogP contribution >= 0.6 is 0 Å². The molecule has 0 aliphatic heterocycles. The predicted molar refractivity (Wildman–Crippen MR) is 80.7 cm³/mol. The molecule has 96 valence electrons. The van der Waals surface area contributed by atoms with Crippen molar-refractivity contribution < 1.29 is 0 Å². The maximum Gasteiger partial charge on any atom is 0.0373 e. The van der Waals surface area contributed by atoms with E-state index in [4.69, 9.17) is 11.5 Å². The molecule has 0 spiro atoms. The highest BCUT2D eigenvalue weighted by Gasteiger charge is 1.92. The Labute approximate surface area is 110 Å². The van der Waals surface area contributed by atoms with Crippen LogP contribution in [0.25, 0.3) is 0 Å². The minimum Gasteiger partial charge on any atom is -0.399 e. The summed E-state index contributed by atoms with van der Waals surface area (Å²) in [6.07, 6.45) is 0. The molecule has 0 radical (unpaired) electrons. The maximum absolute atomic E-state index is 5.68. The number of rotatable bonds is 0. The number of aryl methyl sites for hydroxylation is 4. The first kappa shape index (κ1) is 14.1. The van der Waals surface area contributed by atoms with Crippen molar-refractivity contribution in [2.75, 3.05) is 11.5 Å². The Morgan fingerprint density at radius 2 is 1.28 bits per heavy atom. The van der Waals surface area contributed by atoms with Crippen LogP contribution in [0.15, 0.2) is 36.4 Å². The smallest absolute Gasteiger partial charge is 0.0373 e. The molecule has 0 atom stereocenters. The molecule has 0 saturated carbocycles. The lowest BCUT2D eigenvalue weighted by atomic mass is 10.1. The van der Waals surface area contributed by atoms with E-state index in [0.29, 0.717) is 0 Å². The Hall–Kier alpha value is -1.96. The van der Waals surface area contributed by atoms with Crippen molar-refractivity contribution >= 4 is 11.4 Å². The molecule has 2 rings (SSSR count). The topological polar surface area (TPSA) is 52.0 Å². The van der Waals surface area contributed by atoms with Crippen LogP contribution in [0, 0.1) is 27.7 Å². The fourth-order valence-electron chi connectivity index (χ4n) is 1.65. The molecule has 0 heterocycles. The zero-order valence-corrected chi connectivity index (χ0v) is 11.6. The Morgan fingerprint density at radius 3 is 1.67 bits per heavy atom. The van der Waals surface area contributed by atoms with Crippen LogP contribution in [-0.2, 0) is 0 Å². The van der Waals surface area contributed by atoms with E-state index in [1.54, 1.807) is 0 Å². The lowest BCUT2D eigenvalue weighted by molar-refractivity contribution is 1.39. The van der Waals surface area contributed by atoms with E-state index in [1.807, 2.05) is 51.1 Å². The number of hydrogen-bond acceptors (Lipinski definition) is 2. The zero-order chi connectivity index (χ0) is 13.7. The van der Waals surface area contributed by atoms with E-state index >= 15 is 0 Å². The van der Waals surface area contributed by atoms with Crippen molar-refractivity contribution in [2.45, 2.75) is 27.7 Å². The number of nitrogen functional groups attached to an aromatic ring is 2. The summed E-state index contributed by atoms with van der Waals surface area (Å²) in [7, 11) is 0. The summed E-state index contributed by atoms with van der Waals surface area (Å²) in [6, 6.07) is 12.1. The fraction of sp³-hybridized carbons (Fsp3) is 0.250. The van der Waals surface area contributed by atoms with Crippen LogP contribution in [0.1, 0.15) is 22.3 Å². The Morgan fingerprint density at radius 1 is 0.722 bits per heavy atom. The van der Waals surface area contributed by atoms with Gasteiger partial charge in [0.25, 0.3) is 0 Å². The number of para-hydroxylation sites is 1.